The van der Waals surface area contributed by atoms with Crippen molar-refractivity contribution in [1.82, 2.24) is 4.72 Å². The maximum atomic E-state index is 13.8. The Hall–Kier alpha value is -3.82. The molecule has 4 aromatic rings. The molecule has 1 aliphatic carbocycles. The van der Waals surface area contributed by atoms with E-state index in [0.717, 1.165) is 27.8 Å². The molecule has 0 aromatic heterocycles. The Kier molecular flexibility index (Phi) is 10.0. The Bertz CT molecular complexity index is 1590. The average Bonchev–Trinajstić information content (AvgIpc) is 3.35. The minimum absolute atomic E-state index is 0.139. The van der Waals surface area contributed by atoms with E-state index < -0.39 is 40.2 Å². The SMILES string of the molecule is Cc1ccc(S(=O)(=O)N[C@H]2c3ccccc3C[C@H]2OC(=O)[C@@H](Cc2ccccc2)[C@H](O)CCOCc2ccccc2)cc1. The molecule has 0 amide bonds. The van der Waals surface area contributed by atoms with Crippen molar-refractivity contribution >= 4 is 16.0 Å². The van der Waals surface area contributed by atoms with Gasteiger partial charge in [0, 0.05) is 13.0 Å². The molecular formula is C35H37NO6S. The summed E-state index contributed by atoms with van der Waals surface area (Å²) in [4.78, 5) is 13.9. The van der Waals surface area contributed by atoms with Gasteiger partial charge in [-0.15, -0.1) is 0 Å². The number of carbonyl (C=O) groups excluding carboxylic acids is 1. The largest absolute Gasteiger partial charge is 0.460 e. The number of aryl methyl sites for hydroxylation is 1. The molecule has 4 atom stereocenters. The van der Waals surface area contributed by atoms with Gasteiger partial charge in [-0.25, -0.2) is 8.42 Å². The number of carbonyl (C=O) groups is 1. The summed E-state index contributed by atoms with van der Waals surface area (Å²) >= 11 is 0. The van der Waals surface area contributed by atoms with E-state index >= 15 is 0 Å². The number of fused-ring (bicyclic) bond motifs is 1. The van der Waals surface area contributed by atoms with Crippen LogP contribution < -0.4 is 4.72 Å². The van der Waals surface area contributed by atoms with Gasteiger partial charge in [-0.1, -0.05) is 103 Å². The zero-order valence-electron chi connectivity index (χ0n) is 24.1. The fraction of sp³-hybridized carbons (Fsp3) is 0.286. The molecule has 4 aromatic carbocycles. The van der Waals surface area contributed by atoms with Gasteiger partial charge in [-0.3, -0.25) is 4.79 Å². The minimum Gasteiger partial charge on any atom is -0.460 e. The first-order valence-electron chi connectivity index (χ1n) is 14.5. The van der Waals surface area contributed by atoms with Gasteiger partial charge in [0.1, 0.15) is 6.10 Å². The summed E-state index contributed by atoms with van der Waals surface area (Å²) in [5, 5.41) is 11.2. The van der Waals surface area contributed by atoms with E-state index in [4.69, 9.17) is 9.47 Å². The molecule has 0 heterocycles. The van der Waals surface area contributed by atoms with Crippen LogP contribution in [-0.2, 0) is 43.7 Å². The van der Waals surface area contributed by atoms with Crippen molar-refractivity contribution < 1.29 is 27.8 Å². The molecule has 0 spiro atoms. The highest BCUT2D eigenvalue weighted by molar-refractivity contribution is 7.89. The molecular weight excluding hydrogens is 562 g/mol. The predicted molar refractivity (Wildman–Crippen MR) is 165 cm³/mol. The fourth-order valence-corrected chi connectivity index (χ4v) is 6.65. The molecule has 224 valence electrons. The van der Waals surface area contributed by atoms with Crippen molar-refractivity contribution in [2.75, 3.05) is 6.61 Å². The molecule has 5 rings (SSSR count). The van der Waals surface area contributed by atoms with E-state index in [1.54, 1.807) is 24.3 Å². The van der Waals surface area contributed by atoms with Gasteiger partial charge in [-0.2, -0.15) is 4.72 Å². The second kappa shape index (κ2) is 14.1. The zero-order valence-corrected chi connectivity index (χ0v) is 25.0. The quantitative estimate of drug-likeness (QED) is 0.160. The first-order valence-corrected chi connectivity index (χ1v) is 16.0. The summed E-state index contributed by atoms with van der Waals surface area (Å²) in [5.74, 6) is -1.43. The first-order chi connectivity index (χ1) is 20.8. The highest BCUT2D eigenvalue weighted by Crippen LogP contribution is 2.35. The summed E-state index contributed by atoms with van der Waals surface area (Å²) in [7, 11) is -3.90. The lowest BCUT2D eigenvalue weighted by Gasteiger charge is -2.27. The third-order valence-corrected chi connectivity index (χ3v) is 9.26. The van der Waals surface area contributed by atoms with Gasteiger partial charge >= 0.3 is 5.97 Å². The highest BCUT2D eigenvalue weighted by atomic mass is 32.2. The monoisotopic (exact) mass is 599 g/mol. The van der Waals surface area contributed by atoms with E-state index in [1.165, 1.54) is 0 Å². The number of ether oxygens (including phenoxy) is 2. The van der Waals surface area contributed by atoms with E-state index in [2.05, 4.69) is 4.72 Å². The standard InChI is InChI=1S/C35H37NO6S/c1-25-16-18-29(19-17-25)43(39,40)36-34-30-15-9-8-14-28(30)23-33(34)42-35(38)31(22-26-10-4-2-5-11-26)32(37)20-21-41-24-27-12-6-3-7-13-27/h2-19,31-34,36-37H,20-24H2,1H3/t31-,32+,33+,34-/m0/s1. The van der Waals surface area contributed by atoms with E-state index in [-0.39, 0.29) is 24.3 Å². The maximum absolute atomic E-state index is 13.8. The van der Waals surface area contributed by atoms with Crippen LogP contribution in [0.15, 0.2) is 114 Å². The maximum Gasteiger partial charge on any atom is 0.312 e. The average molecular weight is 600 g/mol. The number of nitrogens with one attached hydrogen (secondary N) is 1. The van der Waals surface area contributed by atoms with Crippen LogP contribution in [0.3, 0.4) is 0 Å². The van der Waals surface area contributed by atoms with Gasteiger partial charge in [0.15, 0.2) is 0 Å². The number of aliphatic hydroxyl groups excluding tert-OH is 1. The lowest BCUT2D eigenvalue weighted by molar-refractivity contribution is -0.159. The zero-order chi connectivity index (χ0) is 30.2. The predicted octanol–water partition coefficient (Wildman–Crippen LogP) is 5.31. The van der Waals surface area contributed by atoms with E-state index in [1.807, 2.05) is 91.9 Å². The Balaban J connectivity index is 1.31. The Morgan fingerprint density at radius 2 is 1.51 bits per heavy atom. The Morgan fingerprint density at radius 1 is 0.884 bits per heavy atom. The molecule has 0 unspecified atom stereocenters. The van der Waals surface area contributed by atoms with Crippen molar-refractivity contribution in [1.29, 1.82) is 0 Å². The molecule has 1 aliphatic rings. The highest BCUT2D eigenvalue weighted by Gasteiger charge is 2.40. The van der Waals surface area contributed by atoms with Crippen molar-refractivity contribution in [3.05, 3.63) is 137 Å². The number of esters is 1. The van der Waals surface area contributed by atoms with Crippen LogP contribution >= 0.6 is 0 Å². The van der Waals surface area contributed by atoms with Crippen LogP contribution in [0.2, 0.25) is 0 Å². The van der Waals surface area contributed by atoms with Gasteiger partial charge in [0.25, 0.3) is 0 Å². The summed E-state index contributed by atoms with van der Waals surface area (Å²) < 4.78 is 41.4. The van der Waals surface area contributed by atoms with Gasteiger partial charge in [0.05, 0.1) is 29.6 Å². The number of aliphatic hydroxyl groups is 1. The van der Waals surface area contributed by atoms with E-state index in [9.17, 15) is 18.3 Å². The van der Waals surface area contributed by atoms with Crippen molar-refractivity contribution in [3.63, 3.8) is 0 Å². The number of sulfonamides is 1. The summed E-state index contributed by atoms with van der Waals surface area (Å²) in [6.45, 7) is 2.56. The molecule has 0 saturated heterocycles. The summed E-state index contributed by atoms with van der Waals surface area (Å²) in [6, 6.07) is 32.6. The Morgan fingerprint density at radius 3 is 2.21 bits per heavy atom. The first kappa shape index (κ1) is 30.6. The van der Waals surface area contributed by atoms with Crippen LogP contribution in [0, 0.1) is 12.8 Å². The molecule has 0 bridgehead atoms. The molecule has 43 heavy (non-hydrogen) atoms. The molecule has 8 heteroatoms. The Labute approximate surface area is 253 Å². The fourth-order valence-electron chi connectivity index (χ4n) is 5.41. The van der Waals surface area contributed by atoms with Gasteiger partial charge < -0.3 is 14.6 Å². The minimum atomic E-state index is -3.90. The van der Waals surface area contributed by atoms with Crippen molar-refractivity contribution in [2.45, 2.75) is 55.9 Å². The third kappa shape index (κ3) is 7.97. The van der Waals surface area contributed by atoms with Crippen LogP contribution in [-0.4, -0.2) is 38.3 Å². The second-order valence-corrected chi connectivity index (χ2v) is 12.7. The molecule has 2 N–H and O–H groups in total. The number of rotatable bonds is 13. The van der Waals surface area contributed by atoms with E-state index in [0.29, 0.717) is 13.0 Å². The number of benzene rings is 4. The molecule has 0 radical (unpaired) electrons. The lowest BCUT2D eigenvalue weighted by atomic mass is 9.92. The summed E-state index contributed by atoms with van der Waals surface area (Å²) in [5.41, 5.74) is 4.54. The van der Waals surface area contributed by atoms with Crippen molar-refractivity contribution in [3.8, 4) is 0 Å². The summed E-state index contributed by atoms with van der Waals surface area (Å²) in [6.07, 6.45) is -0.913. The van der Waals surface area contributed by atoms with Gasteiger partial charge in [0.2, 0.25) is 10.0 Å². The van der Waals surface area contributed by atoms with Crippen LogP contribution in [0.1, 0.15) is 40.3 Å². The lowest BCUT2D eigenvalue weighted by Crippen LogP contribution is -2.40. The molecule has 0 saturated carbocycles. The van der Waals surface area contributed by atoms with Crippen molar-refractivity contribution in [2.24, 2.45) is 5.92 Å². The van der Waals surface area contributed by atoms with Crippen LogP contribution in [0.5, 0.6) is 0 Å². The smallest absolute Gasteiger partial charge is 0.312 e. The molecule has 0 fully saturated rings. The van der Waals surface area contributed by atoms with Crippen LogP contribution in [0.4, 0.5) is 0 Å². The molecule has 0 aliphatic heterocycles. The normalized spacial score (nSPS) is 17.6. The van der Waals surface area contributed by atoms with Gasteiger partial charge in [-0.05, 0) is 54.2 Å². The van der Waals surface area contributed by atoms with Crippen LogP contribution in [0.25, 0.3) is 0 Å². The molecule has 7 nitrogen and oxygen atoms in total. The number of hydrogen-bond donors (Lipinski definition) is 2. The third-order valence-electron chi connectivity index (χ3n) is 7.80. The number of hydrogen-bond acceptors (Lipinski definition) is 6. The topological polar surface area (TPSA) is 102 Å². The second-order valence-electron chi connectivity index (χ2n) is 11.0.